The van der Waals surface area contributed by atoms with E-state index in [-0.39, 0.29) is 11.4 Å². The highest BCUT2D eigenvalue weighted by atomic mass is 16.5. The van der Waals surface area contributed by atoms with Crippen LogP contribution in [0.2, 0.25) is 0 Å². The van der Waals surface area contributed by atoms with Gasteiger partial charge < -0.3 is 15.4 Å². The van der Waals surface area contributed by atoms with Crippen molar-refractivity contribution in [1.82, 2.24) is 15.6 Å². The van der Waals surface area contributed by atoms with E-state index in [4.69, 9.17) is 4.74 Å². The number of pyridine rings is 1. The van der Waals surface area contributed by atoms with Gasteiger partial charge in [-0.3, -0.25) is 4.79 Å². The van der Waals surface area contributed by atoms with Crippen LogP contribution in [0.1, 0.15) is 26.3 Å². The van der Waals surface area contributed by atoms with Crippen LogP contribution in [0.25, 0.3) is 0 Å². The van der Waals surface area contributed by atoms with E-state index in [9.17, 15) is 4.79 Å². The van der Waals surface area contributed by atoms with Crippen LogP contribution in [0.3, 0.4) is 0 Å². The second-order valence-corrected chi connectivity index (χ2v) is 5.09. The number of hydrogen-bond donors (Lipinski definition) is 2. The maximum Gasteiger partial charge on any atom is 0.234 e. The zero-order valence-corrected chi connectivity index (χ0v) is 11.4. The highest BCUT2D eigenvalue weighted by molar-refractivity contribution is 5.78. The normalized spacial score (nSPS) is 11.1. The lowest BCUT2D eigenvalue weighted by molar-refractivity contribution is -0.120. The SMILES string of the molecule is COc1cc(CNC(=O)CNC(C)(C)C)ccn1. The molecule has 0 aliphatic rings. The predicted octanol–water partition coefficient (Wildman–Crippen LogP) is 1.09. The Balaban J connectivity index is 2.38. The van der Waals surface area contributed by atoms with Crippen LogP contribution >= 0.6 is 0 Å². The van der Waals surface area contributed by atoms with E-state index in [0.29, 0.717) is 19.0 Å². The quantitative estimate of drug-likeness (QED) is 0.822. The number of carbonyl (C=O) groups is 1. The van der Waals surface area contributed by atoms with Crippen molar-refractivity contribution in [2.45, 2.75) is 32.9 Å². The van der Waals surface area contributed by atoms with Gasteiger partial charge in [-0.2, -0.15) is 0 Å². The summed E-state index contributed by atoms with van der Waals surface area (Å²) in [6, 6.07) is 3.65. The van der Waals surface area contributed by atoms with Gasteiger partial charge in [-0.15, -0.1) is 0 Å². The summed E-state index contributed by atoms with van der Waals surface area (Å²) in [6.45, 7) is 6.85. The lowest BCUT2D eigenvalue weighted by Gasteiger charge is -2.20. The molecule has 0 saturated carbocycles. The van der Waals surface area contributed by atoms with Crippen molar-refractivity contribution in [3.63, 3.8) is 0 Å². The minimum atomic E-state index is -0.0583. The van der Waals surface area contributed by atoms with Gasteiger partial charge in [0.1, 0.15) is 0 Å². The number of amides is 1. The largest absolute Gasteiger partial charge is 0.481 e. The van der Waals surface area contributed by atoms with Crippen molar-refractivity contribution in [2.75, 3.05) is 13.7 Å². The summed E-state index contributed by atoms with van der Waals surface area (Å²) in [4.78, 5) is 15.6. The molecule has 0 spiro atoms. The predicted molar refractivity (Wildman–Crippen MR) is 70.4 cm³/mol. The van der Waals surface area contributed by atoms with Crippen molar-refractivity contribution >= 4 is 5.91 Å². The molecule has 1 aromatic heterocycles. The number of nitrogens with zero attached hydrogens (tertiary/aromatic N) is 1. The van der Waals surface area contributed by atoms with Crippen LogP contribution in [-0.2, 0) is 11.3 Å². The average molecular weight is 251 g/mol. The van der Waals surface area contributed by atoms with E-state index in [1.54, 1.807) is 19.4 Å². The molecule has 0 radical (unpaired) electrons. The maximum atomic E-state index is 11.6. The van der Waals surface area contributed by atoms with Gasteiger partial charge in [0.25, 0.3) is 0 Å². The molecule has 100 valence electrons. The van der Waals surface area contributed by atoms with Crippen LogP contribution in [0.5, 0.6) is 5.88 Å². The van der Waals surface area contributed by atoms with Crippen molar-refractivity contribution < 1.29 is 9.53 Å². The monoisotopic (exact) mass is 251 g/mol. The van der Waals surface area contributed by atoms with Crippen molar-refractivity contribution in [1.29, 1.82) is 0 Å². The first-order chi connectivity index (χ1) is 8.40. The van der Waals surface area contributed by atoms with E-state index in [1.807, 2.05) is 26.8 Å². The Kier molecular flexibility index (Phi) is 5.09. The fourth-order valence-electron chi connectivity index (χ4n) is 1.28. The summed E-state index contributed by atoms with van der Waals surface area (Å²) in [5.41, 5.74) is 0.906. The zero-order chi connectivity index (χ0) is 13.6. The lowest BCUT2D eigenvalue weighted by atomic mass is 10.1. The molecular weight excluding hydrogens is 230 g/mol. The Morgan fingerprint density at radius 3 is 2.78 bits per heavy atom. The summed E-state index contributed by atoms with van der Waals surface area (Å²) in [5.74, 6) is 0.523. The zero-order valence-electron chi connectivity index (χ0n) is 11.4. The van der Waals surface area contributed by atoms with Gasteiger partial charge >= 0.3 is 0 Å². The number of nitrogens with one attached hydrogen (secondary N) is 2. The van der Waals surface area contributed by atoms with Gasteiger partial charge in [0.2, 0.25) is 11.8 Å². The van der Waals surface area contributed by atoms with Gasteiger partial charge in [-0.05, 0) is 32.4 Å². The third-order valence-electron chi connectivity index (χ3n) is 2.28. The molecule has 1 rings (SSSR count). The molecule has 0 aromatic carbocycles. The Bertz CT molecular complexity index is 399. The molecule has 1 amide bonds. The standard InChI is InChI=1S/C13H21N3O2/c1-13(2,3)16-9-11(17)15-8-10-5-6-14-12(7-10)18-4/h5-7,16H,8-9H2,1-4H3,(H,15,17). The van der Waals surface area contributed by atoms with Gasteiger partial charge in [0.15, 0.2) is 0 Å². The second-order valence-electron chi connectivity index (χ2n) is 5.09. The van der Waals surface area contributed by atoms with E-state index < -0.39 is 0 Å². The Labute approximate surface area is 108 Å². The van der Waals surface area contributed by atoms with Gasteiger partial charge in [-0.25, -0.2) is 4.98 Å². The third kappa shape index (κ3) is 5.63. The van der Waals surface area contributed by atoms with E-state index >= 15 is 0 Å². The molecule has 0 fully saturated rings. The fourth-order valence-corrected chi connectivity index (χ4v) is 1.28. The van der Waals surface area contributed by atoms with E-state index in [2.05, 4.69) is 15.6 Å². The molecule has 5 nitrogen and oxygen atoms in total. The van der Waals surface area contributed by atoms with Crippen LogP contribution in [-0.4, -0.2) is 30.1 Å². The first-order valence-electron chi connectivity index (χ1n) is 5.91. The van der Waals surface area contributed by atoms with Crippen molar-refractivity contribution in [3.8, 4) is 5.88 Å². The summed E-state index contributed by atoms with van der Waals surface area (Å²) in [6.07, 6.45) is 1.66. The number of ether oxygens (including phenoxy) is 1. The molecule has 0 atom stereocenters. The first-order valence-corrected chi connectivity index (χ1v) is 5.91. The minimum Gasteiger partial charge on any atom is -0.481 e. The van der Waals surface area contributed by atoms with E-state index in [1.165, 1.54) is 0 Å². The molecule has 5 heteroatoms. The maximum absolute atomic E-state index is 11.6. The summed E-state index contributed by atoms with van der Waals surface area (Å²) in [5, 5.41) is 5.97. The number of aromatic nitrogens is 1. The Morgan fingerprint density at radius 1 is 1.44 bits per heavy atom. The Hall–Kier alpha value is -1.62. The second kappa shape index (κ2) is 6.35. The fraction of sp³-hybridized carbons (Fsp3) is 0.538. The molecule has 0 unspecified atom stereocenters. The highest BCUT2D eigenvalue weighted by Crippen LogP contribution is 2.07. The molecule has 1 heterocycles. The molecule has 0 aliphatic heterocycles. The molecule has 1 aromatic rings. The molecule has 18 heavy (non-hydrogen) atoms. The van der Waals surface area contributed by atoms with Gasteiger partial charge in [0, 0.05) is 24.3 Å². The van der Waals surface area contributed by atoms with Crippen LogP contribution in [0.4, 0.5) is 0 Å². The average Bonchev–Trinajstić information content (AvgIpc) is 2.33. The van der Waals surface area contributed by atoms with E-state index in [0.717, 1.165) is 5.56 Å². The Morgan fingerprint density at radius 2 is 2.17 bits per heavy atom. The smallest absolute Gasteiger partial charge is 0.234 e. The highest BCUT2D eigenvalue weighted by Gasteiger charge is 2.10. The lowest BCUT2D eigenvalue weighted by Crippen LogP contribution is -2.43. The molecule has 0 saturated heterocycles. The molecular formula is C13H21N3O2. The number of carbonyl (C=O) groups excluding carboxylic acids is 1. The van der Waals surface area contributed by atoms with Gasteiger partial charge in [0.05, 0.1) is 13.7 Å². The van der Waals surface area contributed by atoms with Gasteiger partial charge in [-0.1, -0.05) is 0 Å². The minimum absolute atomic E-state index is 0.0271. The molecule has 2 N–H and O–H groups in total. The van der Waals surface area contributed by atoms with Crippen molar-refractivity contribution in [3.05, 3.63) is 23.9 Å². The number of methoxy groups -OCH3 is 1. The van der Waals surface area contributed by atoms with Crippen LogP contribution in [0.15, 0.2) is 18.3 Å². The first kappa shape index (κ1) is 14.4. The van der Waals surface area contributed by atoms with Crippen LogP contribution in [0, 0.1) is 0 Å². The topological polar surface area (TPSA) is 63.2 Å². The molecule has 0 aliphatic carbocycles. The van der Waals surface area contributed by atoms with Crippen LogP contribution < -0.4 is 15.4 Å². The summed E-state index contributed by atoms with van der Waals surface area (Å²) >= 11 is 0. The summed E-state index contributed by atoms with van der Waals surface area (Å²) in [7, 11) is 1.57. The number of rotatable bonds is 5. The summed E-state index contributed by atoms with van der Waals surface area (Å²) < 4.78 is 5.02. The third-order valence-corrected chi connectivity index (χ3v) is 2.28. The molecule has 0 bridgehead atoms. The number of hydrogen-bond acceptors (Lipinski definition) is 4. The van der Waals surface area contributed by atoms with Crippen molar-refractivity contribution in [2.24, 2.45) is 0 Å².